The summed E-state index contributed by atoms with van der Waals surface area (Å²) in [6.07, 6.45) is 4.27. The maximum Gasteiger partial charge on any atom is 0.256 e. The van der Waals surface area contributed by atoms with E-state index in [1.165, 1.54) is 5.56 Å². The molecule has 1 N–H and O–H groups in total. The van der Waals surface area contributed by atoms with Gasteiger partial charge in [-0.3, -0.25) is 9.59 Å². The van der Waals surface area contributed by atoms with Crippen LogP contribution in [-0.4, -0.2) is 57.3 Å². The van der Waals surface area contributed by atoms with Crippen LogP contribution in [0, 0.1) is 0 Å². The maximum atomic E-state index is 13.6. The van der Waals surface area contributed by atoms with E-state index in [-0.39, 0.29) is 11.8 Å². The van der Waals surface area contributed by atoms with Crippen LogP contribution in [0.2, 0.25) is 0 Å². The van der Waals surface area contributed by atoms with E-state index in [4.69, 9.17) is 0 Å². The van der Waals surface area contributed by atoms with Crippen molar-refractivity contribution in [2.75, 3.05) is 26.2 Å². The fourth-order valence-corrected chi connectivity index (χ4v) is 5.21. The van der Waals surface area contributed by atoms with Crippen molar-refractivity contribution in [2.45, 2.75) is 13.0 Å². The molecule has 1 aliphatic heterocycles. The van der Waals surface area contributed by atoms with Crippen LogP contribution in [0.15, 0.2) is 91.3 Å². The maximum absolute atomic E-state index is 13.6. The summed E-state index contributed by atoms with van der Waals surface area (Å²) in [4.78, 5) is 33.6. The predicted octanol–water partition coefficient (Wildman–Crippen LogP) is 4.70. The Morgan fingerprint density at radius 3 is 2.22 bits per heavy atom. The fourth-order valence-electron chi connectivity index (χ4n) is 5.21. The predicted molar refractivity (Wildman–Crippen MR) is 142 cm³/mol. The third-order valence-electron chi connectivity index (χ3n) is 7.15. The summed E-state index contributed by atoms with van der Waals surface area (Å²) in [5.41, 5.74) is 5.03. The fraction of sp³-hybridized carbons (Fsp3) is 0.200. The first-order valence-corrected chi connectivity index (χ1v) is 12.4. The molecule has 0 spiro atoms. The Labute approximate surface area is 209 Å². The Morgan fingerprint density at radius 1 is 0.750 bits per heavy atom. The Balaban J connectivity index is 1.15. The number of fused-ring (bicyclic) bond motifs is 2. The second-order valence-electron chi connectivity index (χ2n) is 9.38. The summed E-state index contributed by atoms with van der Waals surface area (Å²) >= 11 is 0. The molecule has 1 fully saturated rings. The molecule has 36 heavy (non-hydrogen) atoms. The molecule has 6 rings (SSSR count). The normalized spacial score (nSPS) is 14.0. The Hall–Kier alpha value is -4.32. The lowest BCUT2D eigenvalue weighted by Crippen LogP contribution is -2.51. The van der Waals surface area contributed by atoms with Crippen LogP contribution < -0.4 is 0 Å². The molecule has 0 radical (unpaired) electrons. The van der Waals surface area contributed by atoms with Gasteiger partial charge in [0.15, 0.2) is 0 Å². The van der Waals surface area contributed by atoms with E-state index in [0.717, 1.165) is 32.9 Å². The van der Waals surface area contributed by atoms with Gasteiger partial charge in [-0.15, -0.1) is 0 Å². The van der Waals surface area contributed by atoms with Gasteiger partial charge in [0, 0.05) is 66.9 Å². The van der Waals surface area contributed by atoms with Crippen molar-refractivity contribution in [2.24, 2.45) is 0 Å². The van der Waals surface area contributed by atoms with Gasteiger partial charge >= 0.3 is 0 Å². The molecule has 5 aromatic rings. The van der Waals surface area contributed by atoms with Crippen molar-refractivity contribution < 1.29 is 9.59 Å². The molecule has 0 saturated carbocycles. The molecule has 180 valence electrons. The van der Waals surface area contributed by atoms with Gasteiger partial charge in [0.05, 0.1) is 12.0 Å². The third kappa shape index (κ3) is 4.15. The number of aromatic nitrogens is 2. The smallest absolute Gasteiger partial charge is 0.256 e. The SMILES string of the molecule is O=C(Cc1c[nH]c2ccccc12)N1CCN(C(=O)c2cn(Cc3ccccc3)c3ccccc23)CC1. The van der Waals surface area contributed by atoms with Crippen molar-refractivity contribution in [1.82, 2.24) is 19.4 Å². The second kappa shape index (κ2) is 9.38. The molecule has 0 bridgehead atoms. The number of carbonyl (C=O) groups excluding carboxylic acids is 2. The zero-order valence-electron chi connectivity index (χ0n) is 20.1. The zero-order chi connectivity index (χ0) is 24.5. The molecule has 3 heterocycles. The van der Waals surface area contributed by atoms with Crippen molar-refractivity contribution in [3.63, 3.8) is 0 Å². The topological polar surface area (TPSA) is 61.3 Å². The second-order valence-corrected chi connectivity index (χ2v) is 9.38. The summed E-state index contributed by atoms with van der Waals surface area (Å²) in [6, 6.07) is 26.4. The molecule has 6 nitrogen and oxygen atoms in total. The summed E-state index contributed by atoms with van der Waals surface area (Å²) in [7, 11) is 0. The minimum atomic E-state index is 0.0294. The molecular formula is C30H28N4O2. The third-order valence-corrected chi connectivity index (χ3v) is 7.15. The van der Waals surface area contributed by atoms with Crippen LogP contribution in [0.5, 0.6) is 0 Å². The highest BCUT2D eigenvalue weighted by atomic mass is 16.2. The first-order valence-electron chi connectivity index (χ1n) is 12.4. The van der Waals surface area contributed by atoms with E-state index < -0.39 is 0 Å². The molecule has 1 aliphatic rings. The van der Waals surface area contributed by atoms with Crippen LogP contribution in [0.4, 0.5) is 0 Å². The van der Waals surface area contributed by atoms with E-state index in [1.54, 1.807) is 0 Å². The van der Waals surface area contributed by atoms with Crippen LogP contribution in [0.25, 0.3) is 21.8 Å². The summed E-state index contributed by atoms with van der Waals surface area (Å²) in [6.45, 7) is 2.89. The highest BCUT2D eigenvalue weighted by Crippen LogP contribution is 2.25. The molecule has 0 atom stereocenters. The van der Waals surface area contributed by atoms with Crippen molar-refractivity contribution in [1.29, 1.82) is 0 Å². The molecular weight excluding hydrogens is 448 g/mol. The minimum absolute atomic E-state index is 0.0294. The van der Waals surface area contributed by atoms with Crippen LogP contribution in [0.3, 0.4) is 0 Å². The van der Waals surface area contributed by atoms with E-state index in [1.807, 2.05) is 82.9 Å². The van der Waals surface area contributed by atoms with Crippen molar-refractivity contribution >= 4 is 33.6 Å². The Morgan fingerprint density at radius 2 is 1.42 bits per heavy atom. The Kier molecular flexibility index (Phi) is 5.77. The molecule has 2 aromatic heterocycles. The van der Waals surface area contributed by atoms with Gasteiger partial charge in [0.25, 0.3) is 5.91 Å². The standard InChI is InChI=1S/C30H28N4O2/c35-29(18-23-19-31-27-12-6-4-10-24(23)27)32-14-16-33(17-15-32)30(36)26-21-34(20-22-8-2-1-3-9-22)28-13-7-5-11-25(26)28/h1-13,19,21,31H,14-18,20H2. The van der Waals surface area contributed by atoms with E-state index in [2.05, 4.69) is 27.8 Å². The number of hydrogen-bond acceptors (Lipinski definition) is 2. The van der Waals surface area contributed by atoms with Crippen molar-refractivity contribution in [3.05, 3.63) is 108 Å². The van der Waals surface area contributed by atoms with Crippen LogP contribution in [0.1, 0.15) is 21.5 Å². The van der Waals surface area contributed by atoms with Crippen molar-refractivity contribution in [3.8, 4) is 0 Å². The average Bonchev–Trinajstić information content (AvgIpc) is 3.51. The molecule has 0 aliphatic carbocycles. The van der Waals surface area contributed by atoms with Crippen LogP contribution >= 0.6 is 0 Å². The lowest BCUT2D eigenvalue weighted by atomic mass is 10.1. The van der Waals surface area contributed by atoms with Gasteiger partial charge in [0.2, 0.25) is 5.91 Å². The number of nitrogens with zero attached hydrogens (tertiary/aromatic N) is 3. The first kappa shape index (κ1) is 22.2. The summed E-state index contributed by atoms with van der Waals surface area (Å²) < 4.78 is 2.15. The highest BCUT2D eigenvalue weighted by molar-refractivity contribution is 6.07. The minimum Gasteiger partial charge on any atom is -0.361 e. The van der Waals surface area contributed by atoms with Gasteiger partial charge in [-0.1, -0.05) is 66.7 Å². The monoisotopic (exact) mass is 476 g/mol. The van der Waals surface area contributed by atoms with Gasteiger partial charge in [-0.2, -0.15) is 0 Å². The molecule has 1 saturated heterocycles. The number of aromatic amines is 1. The summed E-state index contributed by atoms with van der Waals surface area (Å²) in [5.74, 6) is 0.132. The van der Waals surface area contributed by atoms with E-state index in [9.17, 15) is 9.59 Å². The average molecular weight is 477 g/mol. The van der Waals surface area contributed by atoms with E-state index in [0.29, 0.717) is 39.1 Å². The zero-order valence-corrected chi connectivity index (χ0v) is 20.1. The van der Waals surface area contributed by atoms with Gasteiger partial charge in [-0.25, -0.2) is 0 Å². The number of nitrogens with one attached hydrogen (secondary N) is 1. The van der Waals surface area contributed by atoms with Gasteiger partial charge in [0.1, 0.15) is 0 Å². The summed E-state index contributed by atoms with van der Waals surface area (Å²) in [5, 5.41) is 2.06. The van der Waals surface area contributed by atoms with Crippen LogP contribution in [-0.2, 0) is 17.8 Å². The number of para-hydroxylation sites is 2. The quantitative estimate of drug-likeness (QED) is 0.400. The molecule has 6 heteroatoms. The van der Waals surface area contributed by atoms with Gasteiger partial charge in [-0.05, 0) is 23.3 Å². The lowest BCUT2D eigenvalue weighted by Gasteiger charge is -2.34. The van der Waals surface area contributed by atoms with E-state index >= 15 is 0 Å². The molecule has 3 aromatic carbocycles. The van der Waals surface area contributed by atoms with Gasteiger partial charge < -0.3 is 19.4 Å². The number of benzene rings is 3. The first-order chi connectivity index (χ1) is 17.7. The lowest BCUT2D eigenvalue weighted by molar-refractivity contribution is -0.131. The number of carbonyl (C=O) groups is 2. The number of amides is 2. The highest BCUT2D eigenvalue weighted by Gasteiger charge is 2.27. The number of H-pyrrole nitrogens is 1. The number of rotatable bonds is 5. The number of hydrogen-bond donors (Lipinski definition) is 1. The Bertz CT molecular complexity index is 1540. The largest absolute Gasteiger partial charge is 0.361 e. The molecule has 2 amide bonds. The number of piperazine rings is 1. The molecule has 0 unspecified atom stereocenters.